The van der Waals surface area contributed by atoms with Gasteiger partial charge in [-0.2, -0.15) is 4.98 Å². The molecule has 3 aromatic rings. The predicted molar refractivity (Wildman–Crippen MR) is 78.7 cm³/mol. The first kappa shape index (κ1) is 13.2. The largest absolute Gasteiger partial charge is 0.485 e. The molecular weight excluding hydrogens is 266 g/mol. The number of nitrogen functional groups attached to an aromatic ring is 1. The van der Waals surface area contributed by atoms with Gasteiger partial charge in [0.1, 0.15) is 5.75 Å². The van der Waals surface area contributed by atoms with Crippen molar-refractivity contribution in [2.45, 2.75) is 13.0 Å². The lowest BCUT2D eigenvalue weighted by Crippen LogP contribution is -1.97. The van der Waals surface area contributed by atoms with Crippen LogP contribution in [-0.4, -0.2) is 10.1 Å². The molecule has 0 fully saturated rings. The molecule has 0 unspecified atom stereocenters. The van der Waals surface area contributed by atoms with Crippen LogP contribution in [-0.2, 0) is 13.0 Å². The minimum absolute atomic E-state index is 0.287. The van der Waals surface area contributed by atoms with E-state index < -0.39 is 0 Å². The van der Waals surface area contributed by atoms with Crippen LogP contribution in [0, 0.1) is 0 Å². The van der Waals surface area contributed by atoms with Gasteiger partial charge in [0, 0.05) is 5.69 Å². The van der Waals surface area contributed by atoms with Gasteiger partial charge in [-0.25, -0.2) is 0 Å². The van der Waals surface area contributed by atoms with Crippen molar-refractivity contribution in [2.24, 2.45) is 0 Å². The summed E-state index contributed by atoms with van der Waals surface area (Å²) in [7, 11) is 0. The Labute approximate surface area is 122 Å². The van der Waals surface area contributed by atoms with E-state index in [1.54, 1.807) is 0 Å². The van der Waals surface area contributed by atoms with Crippen molar-refractivity contribution in [3.05, 3.63) is 71.9 Å². The number of hydrogen-bond donors (Lipinski definition) is 1. The Morgan fingerprint density at radius 3 is 2.52 bits per heavy atom. The summed E-state index contributed by atoms with van der Waals surface area (Å²) in [5, 5.41) is 3.91. The highest BCUT2D eigenvalue weighted by atomic mass is 16.5. The fraction of sp³-hybridized carbons (Fsp3) is 0.125. The monoisotopic (exact) mass is 281 g/mol. The zero-order chi connectivity index (χ0) is 14.5. The Morgan fingerprint density at radius 1 is 1.00 bits per heavy atom. The van der Waals surface area contributed by atoms with E-state index in [4.69, 9.17) is 15.0 Å². The molecule has 0 aliphatic heterocycles. The standard InChI is InChI=1S/C16H15N3O2/c17-13-8-6-12(7-9-13)10-16-18-15(19-21-16)11-20-14-4-2-1-3-5-14/h1-9H,10-11,17H2. The van der Waals surface area contributed by atoms with Gasteiger partial charge in [-0.05, 0) is 29.8 Å². The predicted octanol–water partition coefficient (Wildman–Crippen LogP) is 2.82. The maximum Gasteiger partial charge on any atom is 0.231 e. The average Bonchev–Trinajstić information content (AvgIpc) is 2.96. The zero-order valence-electron chi connectivity index (χ0n) is 11.4. The van der Waals surface area contributed by atoms with Crippen LogP contribution in [0.3, 0.4) is 0 Å². The van der Waals surface area contributed by atoms with Crippen LogP contribution in [0.2, 0.25) is 0 Å². The van der Waals surface area contributed by atoms with Crippen molar-refractivity contribution < 1.29 is 9.26 Å². The average molecular weight is 281 g/mol. The van der Waals surface area contributed by atoms with Gasteiger partial charge in [0.2, 0.25) is 11.7 Å². The van der Waals surface area contributed by atoms with E-state index in [2.05, 4.69) is 10.1 Å². The third kappa shape index (κ3) is 3.60. The number of para-hydroxylation sites is 1. The number of anilines is 1. The van der Waals surface area contributed by atoms with Crippen molar-refractivity contribution in [1.29, 1.82) is 0 Å². The van der Waals surface area contributed by atoms with Crippen molar-refractivity contribution in [3.8, 4) is 5.75 Å². The molecule has 0 aliphatic carbocycles. The summed E-state index contributed by atoms with van der Waals surface area (Å²) in [6.07, 6.45) is 0.582. The summed E-state index contributed by atoms with van der Waals surface area (Å²) in [6, 6.07) is 17.1. The van der Waals surface area contributed by atoms with E-state index in [-0.39, 0.29) is 6.61 Å². The smallest absolute Gasteiger partial charge is 0.231 e. The third-order valence-corrected chi connectivity index (χ3v) is 2.96. The van der Waals surface area contributed by atoms with Crippen LogP contribution >= 0.6 is 0 Å². The summed E-state index contributed by atoms with van der Waals surface area (Å²) < 4.78 is 10.8. The molecule has 5 heteroatoms. The van der Waals surface area contributed by atoms with Gasteiger partial charge in [-0.1, -0.05) is 35.5 Å². The lowest BCUT2D eigenvalue weighted by Gasteiger charge is -2.01. The molecule has 21 heavy (non-hydrogen) atoms. The SMILES string of the molecule is Nc1ccc(Cc2nc(COc3ccccc3)no2)cc1. The number of nitrogens with zero attached hydrogens (tertiary/aromatic N) is 2. The summed E-state index contributed by atoms with van der Waals surface area (Å²) in [4.78, 5) is 4.31. The topological polar surface area (TPSA) is 74.2 Å². The summed E-state index contributed by atoms with van der Waals surface area (Å²) in [5.74, 6) is 1.87. The summed E-state index contributed by atoms with van der Waals surface area (Å²) in [6.45, 7) is 0.287. The maximum absolute atomic E-state index is 5.65. The minimum atomic E-state index is 0.287. The maximum atomic E-state index is 5.65. The molecule has 0 amide bonds. The molecule has 3 rings (SSSR count). The molecule has 2 aromatic carbocycles. The van der Waals surface area contributed by atoms with Gasteiger partial charge in [0.15, 0.2) is 6.61 Å². The first-order valence-corrected chi connectivity index (χ1v) is 6.63. The lowest BCUT2D eigenvalue weighted by atomic mass is 10.1. The highest BCUT2D eigenvalue weighted by Crippen LogP contribution is 2.12. The van der Waals surface area contributed by atoms with Crippen LogP contribution in [0.1, 0.15) is 17.3 Å². The molecule has 0 bridgehead atoms. The number of aromatic nitrogens is 2. The van der Waals surface area contributed by atoms with Crippen LogP contribution in [0.15, 0.2) is 59.1 Å². The third-order valence-electron chi connectivity index (χ3n) is 2.96. The Hall–Kier alpha value is -2.82. The number of hydrogen-bond acceptors (Lipinski definition) is 5. The molecular formula is C16H15N3O2. The van der Waals surface area contributed by atoms with Gasteiger partial charge in [0.25, 0.3) is 0 Å². The van der Waals surface area contributed by atoms with Gasteiger partial charge < -0.3 is 15.0 Å². The number of ether oxygens (including phenoxy) is 1. The molecule has 0 atom stereocenters. The first-order valence-electron chi connectivity index (χ1n) is 6.63. The van der Waals surface area contributed by atoms with E-state index >= 15 is 0 Å². The van der Waals surface area contributed by atoms with E-state index in [0.717, 1.165) is 17.0 Å². The van der Waals surface area contributed by atoms with Crippen LogP contribution in [0.5, 0.6) is 5.75 Å². The fourth-order valence-electron chi connectivity index (χ4n) is 1.90. The second kappa shape index (κ2) is 6.09. The van der Waals surface area contributed by atoms with Crippen molar-refractivity contribution in [3.63, 3.8) is 0 Å². The lowest BCUT2D eigenvalue weighted by molar-refractivity contribution is 0.285. The van der Waals surface area contributed by atoms with Gasteiger partial charge >= 0.3 is 0 Å². The summed E-state index contributed by atoms with van der Waals surface area (Å²) in [5.41, 5.74) is 7.46. The molecule has 0 saturated carbocycles. The van der Waals surface area contributed by atoms with Crippen molar-refractivity contribution >= 4 is 5.69 Å². The molecule has 1 heterocycles. The minimum Gasteiger partial charge on any atom is -0.485 e. The molecule has 2 N–H and O–H groups in total. The van der Waals surface area contributed by atoms with Crippen LogP contribution < -0.4 is 10.5 Å². The molecule has 0 saturated heterocycles. The van der Waals surface area contributed by atoms with Gasteiger partial charge in [-0.3, -0.25) is 0 Å². The molecule has 0 radical (unpaired) electrons. The van der Waals surface area contributed by atoms with Crippen molar-refractivity contribution in [2.75, 3.05) is 5.73 Å². The number of nitrogens with two attached hydrogens (primary N) is 1. The van der Waals surface area contributed by atoms with Gasteiger partial charge in [0.05, 0.1) is 6.42 Å². The molecule has 5 nitrogen and oxygen atoms in total. The molecule has 0 aliphatic rings. The van der Waals surface area contributed by atoms with Crippen LogP contribution in [0.4, 0.5) is 5.69 Å². The second-order valence-corrected chi connectivity index (χ2v) is 4.62. The Balaban J connectivity index is 1.59. The van der Waals surface area contributed by atoms with E-state index in [9.17, 15) is 0 Å². The number of rotatable bonds is 5. The highest BCUT2D eigenvalue weighted by Gasteiger charge is 2.08. The first-order chi connectivity index (χ1) is 10.3. The second-order valence-electron chi connectivity index (χ2n) is 4.62. The molecule has 106 valence electrons. The molecule has 1 aromatic heterocycles. The Bertz CT molecular complexity index is 693. The Morgan fingerprint density at radius 2 is 1.76 bits per heavy atom. The Kier molecular flexibility index (Phi) is 3.82. The molecule has 0 spiro atoms. The van der Waals surface area contributed by atoms with E-state index in [1.165, 1.54) is 0 Å². The quantitative estimate of drug-likeness (QED) is 0.728. The van der Waals surface area contributed by atoms with Crippen molar-refractivity contribution in [1.82, 2.24) is 10.1 Å². The van der Waals surface area contributed by atoms with E-state index in [1.807, 2.05) is 54.6 Å². The highest BCUT2D eigenvalue weighted by molar-refractivity contribution is 5.39. The fourth-order valence-corrected chi connectivity index (χ4v) is 1.90. The normalized spacial score (nSPS) is 10.5. The van der Waals surface area contributed by atoms with E-state index in [0.29, 0.717) is 18.1 Å². The van der Waals surface area contributed by atoms with Gasteiger partial charge in [-0.15, -0.1) is 0 Å². The number of benzene rings is 2. The zero-order valence-corrected chi connectivity index (χ0v) is 11.4. The van der Waals surface area contributed by atoms with Crippen LogP contribution in [0.25, 0.3) is 0 Å². The summed E-state index contributed by atoms with van der Waals surface area (Å²) >= 11 is 0.